The molecule has 0 aliphatic heterocycles. The van der Waals surface area contributed by atoms with Gasteiger partial charge in [-0.15, -0.1) is 0 Å². The fourth-order valence-corrected chi connectivity index (χ4v) is 9.65. The number of Topliss-reactive ketones (excluding diaryl/α,β-unsaturated/α-hetero) is 4. The number of carbonyl (C=O) groups excluding carboxylic acids is 8. The van der Waals surface area contributed by atoms with Crippen LogP contribution in [0.1, 0.15) is 206 Å². The van der Waals surface area contributed by atoms with Crippen LogP contribution in [0, 0.1) is 0 Å². The lowest BCUT2D eigenvalue weighted by molar-refractivity contribution is -0.0815. The number of hydrogen-bond donors (Lipinski definition) is 9. The van der Waals surface area contributed by atoms with Crippen LogP contribution in [-0.2, 0) is 35.0 Å². The number of anilines is 1. The number of ether oxygens (including phenoxy) is 6. The minimum absolute atomic E-state index is 0.0703. The third-order valence-electron chi connectivity index (χ3n) is 15.2. The fourth-order valence-electron chi connectivity index (χ4n) is 9.65. The first kappa shape index (κ1) is 81.7. The number of rotatable bonds is 43. The standard InChI is InChI=1S/C73H106N6O18/c1-48(77-66(84)74-38-18-14-15-20-40-76-68(86)97-61(54-26-30-57(31-27-54)63(81)71(8,9)89)55-28-32-58(33-29-55)64(82)72(10,11)90)42-92-44-50(3)94-46-52(5)95-45-51(4)93-43-49(2)78-67(85)75-39-19-16-17-21-41-79(60-36-34-59(35-37-60)65(83)73(12,13)91)69(87)96-47-53-22-24-56(25-23-53)62(80)70(6,7)88/h22-37,48-52,61,88-91H,14-21,38-47H2,1-13H3,(H,76,86)(H2,74,77,84)(H2,75,78,85). The van der Waals surface area contributed by atoms with Crippen LogP contribution in [-0.4, -0.2) is 180 Å². The van der Waals surface area contributed by atoms with Gasteiger partial charge in [0.05, 0.1) is 63.4 Å². The highest BCUT2D eigenvalue weighted by Gasteiger charge is 2.30. The van der Waals surface area contributed by atoms with E-state index in [1.807, 2.05) is 34.6 Å². The van der Waals surface area contributed by atoms with Crippen molar-refractivity contribution in [1.82, 2.24) is 26.6 Å². The molecule has 4 aromatic carbocycles. The van der Waals surface area contributed by atoms with Crippen LogP contribution in [0.2, 0.25) is 0 Å². The Labute approximate surface area is 571 Å². The van der Waals surface area contributed by atoms with Crippen molar-refractivity contribution in [3.8, 4) is 0 Å². The third kappa shape index (κ3) is 30.3. The fraction of sp³-hybridized carbons (Fsp3) is 0.562. The van der Waals surface area contributed by atoms with Gasteiger partial charge in [0.15, 0.2) is 29.2 Å². The Morgan fingerprint density at radius 1 is 0.423 bits per heavy atom. The summed E-state index contributed by atoms with van der Waals surface area (Å²) in [7, 11) is 0. The second kappa shape index (κ2) is 39.7. The van der Waals surface area contributed by atoms with E-state index in [1.54, 1.807) is 97.1 Å². The summed E-state index contributed by atoms with van der Waals surface area (Å²) >= 11 is 0. The number of hydrogen-bond acceptors (Lipinski definition) is 18. The molecule has 5 atom stereocenters. The molecule has 24 heteroatoms. The van der Waals surface area contributed by atoms with Crippen LogP contribution in [0.25, 0.3) is 0 Å². The Morgan fingerprint density at radius 3 is 1.19 bits per heavy atom. The number of carbonyl (C=O) groups is 8. The quantitative estimate of drug-likeness (QED) is 0.0147. The normalized spacial score (nSPS) is 13.5. The van der Waals surface area contributed by atoms with Crippen LogP contribution < -0.4 is 31.5 Å². The van der Waals surface area contributed by atoms with E-state index in [-0.39, 0.29) is 73.4 Å². The lowest BCUT2D eigenvalue weighted by Crippen LogP contribution is -2.43. The zero-order valence-electron chi connectivity index (χ0n) is 58.9. The predicted octanol–water partition coefficient (Wildman–Crippen LogP) is 9.89. The topological polar surface area (TPSA) is 336 Å². The van der Waals surface area contributed by atoms with E-state index >= 15 is 0 Å². The van der Waals surface area contributed by atoms with Gasteiger partial charge in [-0.05, 0) is 157 Å². The highest BCUT2D eigenvalue weighted by atomic mass is 16.6. The highest BCUT2D eigenvalue weighted by molar-refractivity contribution is 6.03. The van der Waals surface area contributed by atoms with Crippen molar-refractivity contribution in [3.05, 3.63) is 136 Å². The molecule has 0 bridgehead atoms. The van der Waals surface area contributed by atoms with E-state index in [4.69, 9.17) is 28.4 Å². The number of unbranched alkanes of at least 4 members (excludes halogenated alkanes) is 6. The summed E-state index contributed by atoms with van der Waals surface area (Å²) in [5.41, 5.74) is -2.79. The zero-order valence-corrected chi connectivity index (χ0v) is 58.9. The first-order valence-corrected chi connectivity index (χ1v) is 33.4. The van der Waals surface area contributed by atoms with Gasteiger partial charge >= 0.3 is 24.2 Å². The molecule has 4 aromatic rings. The van der Waals surface area contributed by atoms with Crippen LogP contribution in [0.15, 0.2) is 97.1 Å². The van der Waals surface area contributed by atoms with Crippen molar-refractivity contribution >= 4 is 53.1 Å². The summed E-state index contributed by atoms with van der Waals surface area (Å²) in [6.45, 7) is 23.6. The van der Waals surface area contributed by atoms with E-state index in [0.717, 1.165) is 32.1 Å². The Hall–Kier alpha value is -7.68. The average Bonchev–Trinajstić information content (AvgIpc) is 0.844. The molecule has 97 heavy (non-hydrogen) atoms. The summed E-state index contributed by atoms with van der Waals surface area (Å²) in [6.07, 6.45) is 2.88. The largest absolute Gasteiger partial charge is 0.444 e. The van der Waals surface area contributed by atoms with Crippen LogP contribution >= 0.6 is 0 Å². The molecular weight excluding hydrogens is 1250 g/mol. The van der Waals surface area contributed by atoms with E-state index in [9.17, 15) is 58.8 Å². The minimum Gasteiger partial charge on any atom is -0.444 e. The Kier molecular flexibility index (Phi) is 33.4. The van der Waals surface area contributed by atoms with Crippen molar-refractivity contribution < 1.29 is 87.2 Å². The lowest BCUT2D eigenvalue weighted by atomic mass is 9.92. The second-order valence-corrected chi connectivity index (χ2v) is 26.9. The summed E-state index contributed by atoms with van der Waals surface area (Å²) in [6, 6.07) is 24.4. The van der Waals surface area contributed by atoms with Crippen molar-refractivity contribution in [3.63, 3.8) is 0 Å². The Morgan fingerprint density at radius 2 is 0.773 bits per heavy atom. The maximum absolute atomic E-state index is 13.5. The number of aliphatic hydroxyl groups is 4. The molecule has 0 heterocycles. The predicted molar refractivity (Wildman–Crippen MR) is 368 cm³/mol. The van der Waals surface area contributed by atoms with Crippen LogP contribution in [0.3, 0.4) is 0 Å². The third-order valence-corrected chi connectivity index (χ3v) is 15.2. The van der Waals surface area contributed by atoms with Crippen LogP contribution in [0.5, 0.6) is 0 Å². The number of ketones is 4. The summed E-state index contributed by atoms with van der Waals surface area (Å²) < 4.78 is 35.2. The lowest BCUT2D eigenvalue weighted by Gasteiger charge is -2.23. The van der Waals surface area contributed by atoms with Gasteiger partial charge in [0.2, 0.25) is 0 Å². The van der Waals surface area contributed by atoms with Gasteiger partial charge in [0.25, 0.3) is 0 Å². The monoisotopic (exact) mass is 1350 g/mol. The van der Waals surface area contributed by atoms with Gasteiger partial charge in [0.1, 0.15) is 29.0 Å². The molecule has 536 valence electrons. The van der Waals surface area contributed by atoms with Gasteiger partial charge in [-0.3, -0.25) is 24.1 Å². The van der Waals surface area contributed by atoms with Gasteiger partial charge in [-0.1, -0.05) is 98.5 Å². The molecule has 6 amide bonds. The molecule has 0 aliphatic carbocycles. The molecule has 4 rings (SSSR count). The molecule has 0 saturated carbocycles. The first-order chi connectivity index (χ1) is 45.5. The maximum Gasteiger partial charge on any atom is 0.414 e. The molecule has 24 nitrogen and oxygen atoms in total. The van der Waals surface area contributed by atoms with Gasteiger partial charge in [0, 0.05) is 54.1 Å². The van der Waals surface area contributed by atoms with Gasteiger partial charge in [-0.2, -0.15) is 0 Å². The Balaban J connectivity index is 1.02. The number of nitrogens with zero attached hydrogens (tertiary/aromatic N) is 1. The SMILES string of the molecule is CC(COCC(C)OCC(C)OCC(C)OCC(C)NC(=O)NCCCCCCN(C(=O)OCc1ccc(C(=O)C(C)(C)O)cc1)c1ccc(C(=O)C(C)(C)O)cc1)NC(=O)NCCCCCCNC(=O)OC(c1ccc(C(=O)C(C)(C)O)cc1)c1ccc(C(=O)C(C)(C)O)cc1. The summed E-state index contributed by atoms with van der Waals surface area (Å²) in [4.78, 5) is 104. The minimum atomic E-state index is -1.57. The Bertz CT molecular complexity index is 3050. The van der Waals surface area contributed by atoms with E-state index in [0.29, 0.717) is 98.8 Å². The summed E-state index contributed by atoms with van der Waals surface area (Å²) in [5, 5.41) is 55.0. The average molecular weight is 1360 g/mol. The van der Waals surface area contributed by atoms with Crippen LogP contribution in [0.4, 0.5) is 24.9 Å². The second-order valence-electron chi connectivity index (χ2n) is 26.9. The molecule has 0 fully saturated rings. The number of alkyl carbamates (subject to hydrolysis) is 1. The zero-order chi connectivity index (χ0) is 72.1. The molecule has 0 saturated heterocycles. The van der Waals surface area contributed by atoms with E-state index < -0.39 is 63.8 Å². The van der Waals surface area contributed by atoms with Crippen molar-refractivity contribution in [1.29, 1.82) is 0 Å². The maximum atomic E-state index is 13.5. The molecule has 0 aromatic heterocycles. The molecule has 0 spiro atoms. The highest BCUT2D eigenvalue weighted by Crippen LogP contribution is 2.29. The van der Waals surface area contributed by atoms with Gasteiger partial charge in [-0.25, -0.2) is 19.2 Å². The van der Waals surface area contributed by atoms with Gasteiger partial charge < -0.3 is 75.4 Å². The van der Waals surface area contributed by atoms with E-state index in [2.05, 4.69) is 26.6 Å². The number of amides is 6. The molecule has 0 radical (unpaired) electrons. The number of urea groups is 2. The molecule has 0 aliphatic rings. The smallest absolute Gasteiger partial charge is 0.414 e. The molecular formula is C73H106N6O18. The van der Waals surface area contributed by atoms with E-state index in [1.165, 1.54) is 60.3 Å². The molecule has 9 N–H and O–H groups in total. The van der Waals surface area contributed by atoms with Crippen molar-refractivity contribution in [2.24, 2.45) is 0 Å². The van der Waals surface area contributed by atoms with Crippen molar-refractivity contribution in [2.75, 3.05) is 64.1 Å². The summed E-state index contributed by atoms with van der Waals surface area (Å²) in [5.74, 6) is -1.82. The number of benzene rings is 4. The number of nitrogens with one attached hydrogen (secondary N) is 5. The van der Waals surface area contributed by atoms with Crippen molar-refractivity contribution in [2.45, 2.75) is 207 Å². The molecule has 5 unspecified atom stereocenters. The first-order valence-electron chi connectivity index (χ1n) is 33.4.